The van der Waals surface area contributed by atoms with E-state index in [-0.39, 0.29) is 12.3 Å². The Labute approximate surface area is 160 Å². The van der Waals surface area contributed by atoms with E-state index in [2.05, 4.69) is 20.2 Å². The van der Waals surface area contributed by atoms with Crippen LogP contribution in [0.4, 0.5) is 0 Å². The van der Waals surface area contributed by atoms with Gasteiger partial charge in [-0.15, -0.1) is 0 Å². The fourth-order valence-electron chi connectivity index (χ4n) is 2.71. The topological polar surface area (TPSA) is 80.8 Å². The van der Waals surface area contributed by atoms with Crippen molar-refractivity contribution in [3.63, 3.8) is 0 Å². The summed E-state index contributed by atoms with van der Waals surface area (Å²) in [4.78, 5) is 21.4. The molecule has 0 aliphatic heterocycles. The predicted molar refractivity (Wildman–Crippen MR) is 102 cm³/mol. The summed E-state index contributed by atoms with van der Waals surface area (Å²) in [5, 5.41) is 7.40. The van der Waals surface area contributed by atoms with Crippen molar-refractivity contribution < 1.29 is 9.53 Å². The molecule has 134 valence electrons. The summed E-state index contributed by atoms with van der Waals surface area (Å²) in [6.45, 7) is 1.87. The van der Waals surface area contributed by atoms with Crippen LogP contribution in [-0.2, 0) is 11.3 Å². The Kier molecular flexibility index (Phi) is 4.56. The van der Waals surface area contributed by atoms with E-state index in [1.54, 1.807) is 12.1 Å². The number of carbonyl (C=O) groups excluding carboxylic acids is 1. The van der Waals surface area contributed by atoms with Crippen molar-refractivity contribution >= 4 is 28.6 Å². The Morgan fingerprint density at radius 3 is 2.56 bits per heavy atom. The SMILES string of the molecule is Cc1nc2ccccc2nc1COC(=O)c1cc(-c2ccccc2Cl)n[nH]1. The van der Waals surface area contributed by atoms with Gasteiger partial charge in [0, 0.05) is 5.56 Å². The van der Waals surface area contributed by atoms with Crippen molar-refractivity contribution in [1.82, 2.24) is 20.2 Å². The number of aromatic nitrogens is 4. The minimum Gasteiger partial charge on any atom is -0.454 e. The summed E-state index contributed by atoms with van der Waals surface area (Å²) in [6.07, 6.45) is 0. The number of aromatic amines is 1. The Morgan fingerprint density at radius 2 is 1.78 bits per heavy atom. The Balaban J connectivity index is 1.50. The molecule has 0 saturated heterocycles. The summed E-state index contributed by atoms with van der Waals surface area (Å²) in [5.74, 6) is -0.518. The summed E-state index contributed by atoms with van der Waals surface area (Å²) < 4.78 is 5.38. The highest BCUT2D eigenvalue weighted by atomic mass is 35.5. The van der Waals surface area contributed by atoms with Crippen molar-refractivity contribution in [3.05, 3.63) is 76.7 Å². The van der Waals surface area contributed by atoms with Gasteiger partial charge < -0.3 is 4.74 Å². The van der Waals surface area contributed by atoms with Gasteiger partial charge in [0.25, 0.3) is 0 Å². The zero-order valence-electron chi connectivity index (χ0n) is 14.4. The number of esters is 1. The van der Waals surface area contributed by atoms with E-state index in [9.17, 15) is 4.79 Å². The lowest BCUT2D eigenvalue weighted by atomic mass is 10.1. The normalized spacial score (nSPS) is 10.9. The number of ether oxygens (including phenoxy) is 1. The van der Waals surface area contributed by atoms with Crippen LogP contribution < -0.4 is 0 Å². The maximum absolute atomic E-state index is 12.3. The highest BCUT2D eigenvalue weighted by Gasteiger charge is 2.15. The van der Waals surface area contributed by atoms with Crippen LogP contribution in [0, 0.1) is 6.92 Å². The summed E-state index contributed by atoms with van der Waals surface area (Å²) >= 11 is 6.17. The van der Waals surface area contributed by atoms with Crippen LogP contribution in [0.3, 0.4) is 0 Å². The molecule has 6 nitrogen and oxygen atoms in total. The van der Waals surface area contributed by atoms with Gasteiger partial charge in [-0.2, -0.15) is 5.10 Å². The number of benzene rings is 2. The first-order valence-corrected chi connectivity index (χ1v) is 8.69. The first kappa shape index (κ1) is 17.2. The highest BCUT2D eigenvalue weighted by molar-refractivity contribution is 6.33. The van der Waals surface area contributed by atoms with Crippen molar-refractivity contribution in [2.75, 3.05) is 0 Å². The van der Waals surface area contributed by atoms with Crippen LogP contribution in [0.2, 0.25) is 5.02 Å². The number of para-hydroxylation sites is 2. The molecular weight excluding hydrogens is 364 g/mol. The number of hydrogen-bond acceptors (Lipinski definition) is 5. The number of H-pyrrole nitrogens is 1. The Bertz CT molecular complexity index is 1140. The smallest absolute Gasteiger partial charge is 0.356 e. The molecule has 0 aliphatic carbocycles. The minimum atomic E-state index is -0.518. The number of halogens is 1. The molecule has 0 amide bonds. The van der Waals surface area contributed by atoms with Crippen molar-refractivity contribution in [2.45, 2.75) is 13.5 Å². The molecule has 0 atom stereocenters. The van der Waals surface area contributed by atoms with E-state index in [0.29, 0.717) is 16.4 Å². The number of hydrogen-bond donors (Lipinski definition) is 1. The van der Waals surface area contributed by atoms with Crippen molar-refractivity contribution in [3.8, 4) is 11.3 Å². The quantitative estimate of drug-likeness (QED) is 0.534. The number of rotatable bonds is 4. The molecule has 4 aromatic rings. The number of fused-ring (bicyclic) bond motifs is 1. The molecule has 0 aliphatic rings. The third-order valence-electron chi connectivity index (χ3n) is 4.13. The monoisotopic (exact) mass is 378 g/mol. The molecule has 0 radical (unpaired) electrons. The summed E-state index contributed by atoms with van der Waals surface area (Å²) in [7, 11) is 0. The second-order valence-electron chi connectivity index (χ2n) is 5.97. The maximum Gasteiger partial charge on any atom is 0.356 e. The van der Waals surface area contributed by atoms with Crippen molar-refractivity contribution in [2.24, 2.45) is 0 Å². The third-order valence-corrected chi connectivity index (χ3v) is 4.46. The standard InChI is InChI=1S/C20H15ClN4O2/c1-12-19(23-16-9-5-4-8-15(16)22-12)11-27-20(26)18-10-17(24-25-18)13-6-2-3-7-14(13)21/h2-10H,11H2,1H3,(H,24,25). The van der Waals surface area contributed by atoms with E-state index < -0.39 is 5.97 Å². The second kappa shape index (κ2) is 7.17. The molecule has 2 aromatic heterocycles. The molecule has 2 heterocycles. The second-order valence-corrected chi connectivity index (χ2v) is 6.37. The van der Waals surface area contributed by atoms with Gasteiger partial charge in [0.15, 0.2) is 0 Å². The molecule has 0 bridgehead atoms. The summed E-state index contributed by atoms with van der Waals surface area (Å²) in [5.41, 5.74) is 4.48. The van der Waals surface area contributed by atoms with Gasteiger partial charge in [-0.3, -0.25) is 5.10 Å². The van der Waals surface area contributed by atoms with Gasteiger partial charge in [-0.05, 0) is 31.2 Å². The molecule has 0 spiro atoms. The molecule has 0 fully saturated rings. The average Bonchev–Trinajstić information content (AvgIpc) is 3.16. The molecular formula is C20H15ClN4O2. The fraction of sp³-hybridized carbons (Fsp3) is 0.100. The third kappa shape index (κ3) is 3.52. The molecule has 1 N–H and O–H groups in total. The van der Waals surface area contributed by atoms with E-state index in [4.69, 9.17) is 16.3 Å². The van der Waals surface area contributed by atoms with Crippen LogP contribution in [0.25, 0.3) is 22.3 Å². The number of carbonyl (C=O) groups is 1. The Hall–Kier alpha value is -3.25. The van der Waals surface area contributed by atoms with E-state index >= 15 is 0 Å². The van der Waals surface area contributed by atoms with Gasteiger partial charge in [-0.25, -0.2) is 14.8 Å². The van der Waals surface area contributed by atoms with Crippen LogP contribution in [0.5, 0.6) is 0 Å². The first-order chi connectivity index (χ1) is 13.1. The number of nitrogens with one attached hydrogen (secondary N) is 1. The molecule has 27 heavy (non-hydrogen) atoms. The Morgan fingerprint density at radius 1 is 1.07 bits per heavy atom. The van der Waals surface area contributed by atoms with Gasteiger partial charge in [0.05, 0.1) is 33.1 Å². The van der Waals surface area contributed by atoms with Crippen LogP contribution >= 0.6 is 11.6 Å². The molecule has 4 rings (SSSR count). The van der Waals surface area contributed by atoms with Gasteiger partial charge >= 0.3 is 5.97 Å². The van der Waals surface area contributed by atoms with Gasteiger partial charge in [0.1, 0.15) is 12.3 Å². The first-order valence-electron chi connectivity index (χ1n) is 8.31. The molecule has 0 unspecified atom stereocenters. The van der Waals surface area contributed by atoms with E-state index in [0.717, 1.165) is 22.3 Å². The van der Waals surface area contributed by atoms with Gasteiger partial charge in [0.2, 0.25) is 0 Å². The molecule has 2 aromatic carbocycles. The lowest BCUT2D eigenvalue weighted by Gasteiger charge is -2.07. The summed E-state index contributed by atoms with van der Waals surface area (Å²) in [6, 6.07) is 16.5. The largest absolute Gasteiger partial charge is 0.454 e. The maximum atomic E-state index is 12.3. The predicted octanol–water partition coefficient (Wildman–Crippen LogP) is 4.34. The van der Waals surface area contributed by atoms with Gasteiger partial charge in [-0.1, -0.05) is 41.9 Å². The van der Waals surface area contributed by atoms with E-state index in [1.807, 2.05) is 49.4 Å². The molecule has 7 heteroatoms. The van der Waals surface area contributed by atoms with Crippen LogP contribution in [0.1, 0.15) is 21.9 Å². The lowest BCUT2D eigenvalue weighted by Crippen LogP contribution is -2.08. The van der Waals surface area contributed by atoms with Crippen LogP contribution in [0.15, 0.2) is 54.6 Å². The van der Waals surface area contributed by atoms with Crippen LogP contribution in [-0.4, -0.2) is 26.1 Å². The average molecular weight is 379 g/mol. The zero-order valence-corrected chi connectivity index (χ0v) is 15.2. The van der Waals surface area contributed by atoms with E-state index in [1.165, 1.54) is 0 Å². The molecule has 0 saturated carbocycles. The highest BCUT2D eigenvalue weighted by Crippen LogP contribution is 2.26. The van der Waals surface area contributed by atoms with Crippen molar-refractivity contribution in [1.29, 1.82) is 0 Å². The number of aryl methyl sites for hydroxylation is 1. The fourth-order valence-corrected chi connectivity index (χ4v) is 2.94. The minimum absolute atomic E-state index is 0.0307. The number of nitrogens with zero attached hydrogens (tertiary/aromatic N) is 3. The zero-order chi connectivity index (χ0) is 18.8. The lowest BCUT2D eigenvalue weighted by molar-refractivity contribution is 0.0460.